The van der Waals surface area contributed by atoms with Gasteiger partial charge in [0.15, 0.2) is 6.61 Å². The Balaban J connectivity index is 1.70. The minimum absolute atomic E-state index is 0.0360. The number of nitrogens with one attached hydrogen (secondary N) is 1. The first-order valence-corrected chi connectivity index (χ1v) is 7.89. The molecule has 4 nitrogen and oxygen atoms in total. The highest BCUT2D eigenvalue weighted by atomic mass is 79.9. The van der Waals surface area contributed by atoms with Gasteiger partial charge >= 0.3 is 0 Å². The van der Waals surface area contributed by atoms with Crippen molar-refractivity contribution >= 4 is 27.5 Å². The summed E-state index contributed by atoms with van der Waals surface area (Å²) in [5.74, 6) is 1.24. The van der Waals surface area contributed by atoms with E-state index in [0.29, 0.717) is 12.0 Å². The molecule has 1 saturated carbocycles. The molecule has 1 heterocycles. The van der Waals surface area contributed by atoms with E-state index in [9.17, 15) is 4.79 Å². The molecule has 2 aliphatic rings. The third-order valence-corrected chi connectivity index (χ3v) is 4.18. The molecule has 0 bridgehead atoms. The summed E-state index contributed by atoms with van der Waals surface area (Å²) in [6.07, 6.45) is 2.58. The topological polar surface area (TPSA) is 41.6 Å². The predicted octanol–water partition coefficient (Wildman–Crippen LogP) is 2.56. The van der Waals surface area contributed by atoms with Gasteiger partial charge in [0.05, 0.1) is 5.69 Å². The van der Waals surface area contributed by atoms with E-state index in [1.165, 1.54) is 12.8 Å². The summed E-state index contributed by atoms with van der Waals surface area (Å²) in [5, 5.41) is 3.52. The molecule has 1 atom stereocenters. The highest BCUT2D eigenvalue weighted by molar-refractivity contribution is 9.10. The van der Waals surface area contributed by atoms with Gasteiger partial charge in [-0.1, -0.05) is 22.9 Å². The summed E-state index contributed by atoms with van der Waals surface area (Å²) in [4.78, 5) is 14.0. The van der Waals surface area contributed by atoms with E-state index < -0.39 is 0 Å². The van der Waals surface area contributed by atoms with Crippen molar-refractivity contribution in [3.63, 3.8) is 0 Å². The molecule has 1 unspecified atom stereocenters. The Bertz CT molecular complexity index is 517. The molecular weight excluding hydrogens is 320 g/mol. The molecular formula is C15H19BrN2O2. The van der Waals surface area contributed by atoms with Gasteiger partial charge in [0.1, 0.15) is 5.75 Å². The van der Waals surface area contributed by atoms with Gasteiger partial charge in [0, 0.05) is 17.1 Å². The lowest BCUT2D eigenvalue weighted by Gasteiger charge is -2.31. The summed E-state index contributed by atoms with van der Waals surface area (Å²) in [7, 11) is 0. The van der Waals surface area contributed by atoms with E-state index in [0.717, 1.165) is 29.0 Å². The molecule has 3 rings (SSSR count). The largest absolute Gasteiger partial charge is 0.482 e. The molecule has 1 aromatic rings. The second-order valence-electron chi connectivity index (χ2n) is 5.69. The number of amides is 1. The van der Waals surface area contributed by atoms with Gasteiger partial charge < -0.3 is 15.0 Å². The van der Waals surface area contributed by atoms with Crippen LogP contribution < -0.4 is 15.0 Å². The smallest absolute Gasteiger partial charge is 0.265 e. The van der Waals surface area contributed by atoms with Crippen LogP contribution in [0.15, 0.2) is 22.7 Å². The lowest BCUT2D eigenvalue weighted by molar-refractivity contribution is -0.121. The van der Waals surface area contributed by atoms with Gasteiger partial charge in [0.25, 0.3) is 5.91 Å². The average Bonchev–Trinajstić information content (AvgIpc) is 3.24. The number of anilines is 1. The number of nitrogens with zero attached hydrogens (tertiary/aromatic N) is 1. The summed E-state index contributed by atoms with van der Waals surface area (Å²) in [6, 6.07) is 6.50. The maximum atomic E-state index is 12.1. The molecule has 20 heavy (non-hydrogen) atoms. The Labute approximate surface area is 127 Å². The molecule has 1 aliphatic carbocycles. The van der Waals surface area contributed by atoms with Crippen LogP contribution in [-0.2, 0) is 4.79 Å². The predicted molar refractivity (Wildman–Crippen MR) is 82.2 cm³/mol. The Morgan fingerprint density at radius 3 is 3.05 bits per heavy atom. The first-order valence-electron chi connectivity index (χ1n) is 7.09. The second-order valence-corrected chi connectivity index (χ2v) is 6.61. The van der Waals surface area contributed by atoms with Gasteiger partial charge in [-0.05, 0) is 43.5 Å². The summed E-state index contributed by atoms with van der Waals surface area (Å²) < 4.78 is 6.44. The Morgan fingerprint density at radius 2 is 2.30 bits per heavy atom. The van der Waals surface area contributed by atoms with Crippen molar-refractivity contribution in [3.8, 4) is 5.75 Å². The number of hydrogen-bond acceptors (Lipinski definition) is 3. The van der Waals surface area contributed by atoms with E-state index in [1.807, 2.05) is 23.1 Å². The fraction of sp³-hybridized carbons (Fsp3) is 0.533. The second kappa shape index (κ2) is 5.74. The lowest BCUT2D eigenvalue weighted by atomic mass is 10.1. The molecule has 1 aliphatic heterocycles. The van der Waals surface area contributed by atoms with Crippen LogP contribution in [0.2, 0.25) is 0 Å². The standard InChI is InChI=1S/C15H19BrN2O2/c1-10(7-17-12-3-4-12)8-18-13-6-11(16)2-5-14(13)20-9-15(18)19/h2,5-6,10,12,17H,3-4,7-9H2,1H3. The number of ether oxygens (including phenoxy) is 1. The number of rotatable bonds is 5. The third kappa shape index (κ3) is 3.15. The van der Waals surface area contributed by atoms with Gasteiger partial charge in [-0.3, -0.25) is 4.79 Å². The number of halogens is 1. The van der Waals surface area contributed by atoms with Crippen molar-refractivity contribution in [2.75, 3.05) is 24.6 Å². The molecule has 0 aromatic heterocycles. The van der Waals surface area contributed by atoms with E-state index in [4.69, 9.17) is 4.74 Å². The molecule has 108 valence electrons. The van der Waals surface area contributed by atoms with Crippen molar-refractivity contribution in [1.82, 2.24) is 5.32 Å². The van der Waals surface area contributed by atoms with Crippen LogP contribution >= 0.6 is 15.9 Å². The Hall–Kier alpha value is -1.07. The zero-order valence-electron chi connectivity index (χ0n) is 11.6. The molecule has 0 radical (unpaired) electrons. The van der Waals surface area contributed by atoms with Crippen LogP contribution in [0.1, 0.15) is 19.8 Å². The molecule has 1 aromatic carbocycles. The molecule has 1 amide bonds. The fourth-order valence-corrected chi connectivity index (χ4v) is 2.76. The first kappa shape index (κ1) is 13.9. The SMILES string of the molecule is CC(CNC1CC1)CN1C(=O)COc2ccc(Br)cc21. The maximum Gasteiger partial charge on any atom is 0.265 e. The van der Waals surface area contributed by atoms with Crippen molar-refractivity contribution in [1.29, 1.82) is 0 Å². The van der Waals surface area contributed by atoms with Crippen molar-refractivity contribution in [2.45, 2.75) is 25.8 Å². The van der Waals surface area contributed by atoms with E-state index in [2.05, 4.69) is 28.2 Å². The zero-order valence-corrected chi connectivity index (χ0v) is 13.1. The molecule has 1 N–H and O–H groups in total. The monoisotopic (exact) mass is 338 g/mol. The van der Waals surface area contributed by atoms with Crippen LogP contribution in [0, 0.1) is 5.92 Å². The number of carbonyl (C=O) groups excluding carboxylic acids is 1. The molecule has 1 fully saturated rings. The van der Waals surface area contributed by atoms with Crippen molar-refractivity contribution < 1.29 is 9.53 Å². The Kier molecular flexibility index (Phi) is 3.98. The van der Waals surface area contributed by atoms with Gasteiger partial charge in [-0.15, -0.1) is 0 Å². The molecule has 0 spiro atoms. The van der Waals surface area contributed by atoms with Crippen molar-refractivity contribution in [3.05, 3.63) is 22.7 Å². The van der Waals surface area contributed by atoms with E-state index in [-0.39, 0.29) is 12.5 Å². The highest BCUT2D eigenvalue weighted by Crippen LogP contribution is 2.34. The van der Waals surface area contributed by atoms with E-state index in [1.54, 1.807) is 0 Å². The first-order chi connectivity index (χ1) is 9.63. The summed E-state index contributed by atoms with van der Waals surface area (Å²) >= 11 is 3.46. The van der Waals surface area contributed by atoms with Crippen LogP contribution in [0.25, 0.3) is 0 Å². The summed E-state index contributed by atoms with van der Waals surface area (Å²) in [6.45, 7) is 4.00. The van der Waals surface area contributed by atoms with Crippen LogP contribution in [-0.4, -0.2) is 31.6 Å². The zero-order chi connectivity index (χ0) is 14.1. The van der Waals surface area contributed by atoms with Gasteiger partial charge in [-0.25, -0.2) is 0 Å². The van der Waals surface area contributed by atoms with Gasteiger partial charge in [0.2, 0.25) is 0 Å². The number of hydrogen-bond donors (Lipinski definition) is 1. The molecule has 0 saturated heterocycles. The lowest BCUT2D eigenvalue weighted by Crippen LogP contribution is -2.43. The Morgan fingerprint density at radius 1 is 1.50 bits per heavy atom. The third-order valence-electron chi connectivity index (χ3n) is 3.69. The average molecular weight is 339 g/mol. The van der Waals surface area contributed by atoms with Crippen LogP contribution in [0.3, 0.4) is 0 Å². The van der Waals surface area contributed by atoms with Crippen molar-refractivity contribution in [2.24, 2.45) is 5.92 Å². The molecule has 5 heteroatoms. The number of benzene rings is 1. The quantitative estimate of drug-likeness (QED) is 0.897. The van der Waals surface area contributed by atoms with Crippen LogP contribution in [0.4, 0.5) is 5.69 Å². The summed E-state index contributed by atoms with van der Waals surface area (Å²) in [5.41, 5.74) is 0.869. The number of fused-ring (bicyclic) bond motifs is 1. The minimum Gasteiger partial charge on any atom is -0.482 e. The normalized spacial score (nSPS) is 19.5. The number of carbonyl (C=O) groups is 1. The fourth-order valence-electron chi connectivity index (χ4n) is 2.41. The van der Waals surface area contributed by atoms with Crippen LogP contribution in [0.5, 0.6) is 5.75 Å². The maximum absolute atomic E-state index is 12.1. The highest BCUT2D eigenvalue weighted by Gasteiger charge is 2.27. The van der Waals surface area contributed by atoms with Gasteiger partial charge in [-0.2, -0.15) is 0 Å². The minimum atomic E-state index is 0.0360. The van der Waals surface area contributed by atoms with E-state index >= 15 is 0 Å².